The summed E-state index contributed by atoms with van der Waals surface area (Å²) in [6.45, 7) is 0. The van der Waals surface area contributed by atoms with Crippen molar-refractivity contribution in [1.82, 2.24) is 0 Å². The molecule has 0 spiro atoms. The lowest BCUT2D eigenvalue weighted by Crippen LogP contribution is -2.02. The van der Waals surface area contributed by atoms with Crippen molar-refractivity contribution in [3.8, 4) is 0 Å². The summed E-state index contributed by atoms with van der Waals surface area (Å²) >= 11 is 0. The SMILES string of the molecule is O=S(=O)(O)c1ccc(N=Nc2ccc(N=Nc3ccc(/C=C/c4ccc(N=[N+]([O-])c5ccc(N=Nc6ccc(S(=O)(=O)O)cc6)cc5)cc4S(=O)(=O)O)c(S(=O)(=O)O)c3)cc2)cc1. The molecule has 0 heterocycles. The smallest absolute Gasteiger partial charge is 0.295 e. The van der Waals surface area contributed by atoms with Gasteiger partial charge in [-0.2, -0.15) is 64.4 Å². The molecule has 0 radical (unpaired) electrons. The first-order chi connectivity index (χ1) is 29.6. The molecule has 0 fully saturated rings. The molecule has 0 amide bonds. The normalized spacial score (nSPS) is 13.2. The van der Waals surface area contributed by atoms with E-state index in [4.69, 9.17) is 9.11 Å². The van der Waals surface area contributed by atoms with Crippen molar-refractivity contribution in [2.24, 2.45) is 35.8 Å². The van der Waals surface area contributed by atoms with Gasteiger partial charge in [0.15, 0.2) is 0 Å². The fraction of sp³-hybridized carbons (Fsp3) is 0. The number of hydrogen-bond donors (Lipinski definition) is 4. The van der Waals surface area contributed by atoms with Crippen LogP contribution in [-0.4, -0.2) is 56.7 Å². The van der Waals surface area contributed by atoms with Crippen LogP contribution in [0.4, 0.5) is 45.5 Å². The number of rotatable bonds is 14. The van der Waals surface area contributed by atoms with Crippen LogP contribution in [0.1, 0.15) is 11.1 Å². The Morgan fingerprint density at radius 1 is 0.381 bits per heavy atom. The highest BCUT2D eigenvalue weighted by Gasteiger charge is 2.19. The van der Waals surface area contributed by atoms with Gasteiger partial charge in [0, 0.05) is 17.2 Å². The standard InChI is InChI=1S/C38H28N8O13S4/c47-46(34-17-11-29(12-18-34)40-42-31-15-21-36(22-16-31)61(51,52)53)45-33-6-4-26(38(24-33)63(57,58)59)2-1-25-3-5-32(23-37(25)62(54,55)56)44-43-28-9-7-27(8-10-28)39-41-30-13-19-35(20-14-30)60(48,49)50/h1-24H,(H,48,49,50)(H,51,52,53)(H,54,55,56)(H,57,58,59)/b2-1+,41-39?,42-40?,44-43?,46-45?. The fourth-order valence-electron chi connectivity index (χ4n) is 5.18. The maximum Gasteiger partial charge on any atom is 0.295 e. The molecule has 0 saturated heterocycles. The van der Waals surface area contributed by atoms with Crippen LogP contribution in [0.15, 0.2) is 189 Å². The Hall–Kier alpha value is -7.10. The van der Waals surface area contributed by atoms with Crippen LogP contribution in [-0.2, 0) is 40.5 Å². The van der Waals surface area contributed by atoms with E-state index in [0.717, 1.165) is 36.4 Å². The zero-order chi connectivity index (χ0) is 45.6. The Morgan fingerprint density at radius 2 is 0.667 bits per heavy atom. The largest absolute Gasteiger partial charge is 0.594 e. The Labute approximate surface area is 358 Å². The van der Waals surface area contributed by atoms with E-state index in [1.54, 1.807) is 12.1 Å². The van der Waals surface area contributed by atoms with Crippen LogP contribution in [0.3, 0.4) is 0 Å². The molecule has 4 N–H and O–H groups in total. The van der Waals surface area contributed by atoms with Gasteiger partial charge in [0.2, 0.25) is 5.69 Å². The molecule has 0 aliphatic heterocycles. The van der Waals surface area contributed by atoms with Gasteiger partial charge >= 0.3 is 0 Å². The van der Waals surface area contributed by atoms with Crippen molar-refractivity contribution in [1.29, 1.82) is 0 Å². The highest BCUT2D eigenvalue weighted by molar-refractivity contribution is 7.86. The molecule has 0 aromatic heterocycles. The Kier molecular flexibility index (Phi) is 13.3. The summed E-state index contributed by atoms with van der Waals surface area (Å²) in [6.07, 6.45) is 2.31. The minimum atomic E-state index is -4.94. The third-order valence-electron chi connectivity index (χ3n) is 8.23. The van der Waals surface area contributed by atoms with Gasteiger partial charge in [0.05, 0.1) is 43.9 Å². The molecule has 0 saturated carbocycles. The predicted octanol–water partition coefficient (Wildman–Crippen LogP) is 10.0. The highest BCUT2D eigenvalue weighted by atomic mass is 32.2. The lowest BCUT2D eigenvalue weighted by molar-refractivity contribution is -0.435. The summed E-state index contributed by atoms with van der Waals surface area (Å²) in [5, 5.41) is 40.7. The average Bonchev–Trinajstić information content (AvgIpc) is 3.23. The average molecular weight is 933 g/mol. The molecular weight excluding hydrogens is 905 g/mol. The third-order valence-corrected chi connectivity index (χ3v) is 11.8. The first kappa shape index (κ1) is 45.4. The van der Waals surface area contributed by atoms with Gasteiger partial charge in [0.25, 0.3) is 40.5 Å². The van der Waals surface area contributed by atoms with Crippen molar-refractivity contribution in [2.45, 2.75) is 19.6 Å². The van der Waals surface area contributed by atoms with Crippen LogP contribution >= 0.6 is 0 Å². The van der Waals surface area contributed by atoms with Gasteiger partial charge in [-0.15, -0.1) is 0 Å². The zero-order valence-electron chi connectivity index (χ0n) is 31.5. The second-order valence-corrected chi connectivity index (χ2v) is 18.3. The van der Waals surface area contributed by atoms with Gasteiger partial charge in [-0.3, -0.25) is 18.2 Å². The second-order valence-electron chi connectivity index (χ2n) is 12.7. The summed E-state index contributed by atoms with van der Waals surface area (Å²) < 4.78 is 132. The Bertz CT molecular complexity index is 3310. The molecule has 322 valence electrons. The van der Waals surface area contributed by atoms with E-state index >= 15 is 0 Å². The topological polar surface area (TPSA) is 330 Å². The van der Waals surface area contributed by atoms with E-state index in [1.807, 2.05) is 0 Å². The van der Waals surface area contributed by atoms with Crippen molar-refractivity contribution in [3.05, 3.63) is 150 Å². The number of benzene rings is 6. The Balaban J connectivity index is 1.15. The maximum atomic E-state index is 12.9. The lowest BCUT2D eigenvalue weighted by atomic mass is 10.1. The van der Waals surface area contributed by atoms with Crippen LogP contribution in [0.25, 0.3) is 12.2 Å². The minimum Gasteiger partial charge on any atom is -0.594 e. The first-order valence-corrected chi connectivity index (χ1v) is 23.1. The van der Waals surface area contributed by atoms with E-state index in [-0.39, 0.29) is 48.5 Å². The molecule has 25 heteroatoms. The van der Waals surface area contributed by atoms with E-state index in [1.165, 1.54) is 97.1 Å². The van der Waals surface area contributed by atoms with Crippen molar-refractivity contribution >= 4 is 98.1 Å². The zero-order valence-corrected chi connectivity index (χ0v) is 34.8. The highest BCUT2D eigenvalue weighted by Crippen LogP contribution is 2.31. The third kappa shape index (κ3) is 12.5. The molecular formula is C38H28N8O13S4. The number of hydrogen-bond acceptors (Lipinski definition) is 16. The van der Waals surface area contributed by atoms with E-state index in [2.05, 4.69) is 35.8 Å². The number of nitrogens with zero attached hydrogens (tertiary/aromatic N) is 8. The van der Waals surface area contributed by atoms with Gasteiger partial charge in [0.1, 0.15) is 15.5 Å². The second kappa shape index (κ2) is 18.5. The van der Waals surface area contributed by atoms with Crippen molar-refractivity contribution in [2.75, 3.05) is 0 Å². The molecule has 6 aromatic carbocycles. The minimum absolute atomic E-state index is 0.00572. The van der Waals surface area contributed by atoms with Crippen molar-refractivity contribution in [3.63, 3.8) is 0 Å². The monoisotopic (exact) mass is 932 g/mol. The maximum absolute atomic E-state index is 12.9. The van der Waals surface area contributed by atoms with Gasteiger partial charge in [-0.05, 0) is 120 Å². The Morgan fingerprint density at radius 3 is 1.02 bits per heavy atom. The van der Waals surface area contributed by atoms with Crippen molar-refractivity contribution < 1.29 is 56.7 Å². The van der Waals surface area contributed by atoms with E-state index in [9.17, 15) is 48.0 Å². The quantitative estimate of drug-likeness (QED) is 0.0260. The molecule has 21 nitrogen and oxygen atoms in total. The van der Waals surface area contributed by atoms with Gasteiger partial charge < -0.3 is 5.21 Å². The molecule has 6 aromatic rings. The molecule has 63 heavy (non-hydrogen) atoms. The lowest BCUT2D eigenvalue weighted by Gasteiger charge is -2.06. The summed E-state index contributed by atoms with van der Waals surface area (Å²) in [7, 11) is -18.5. The fourth-order valence-corrected chi connectivity index (χ4v) is 7.55. The molecule has 0 bridgehead atoms. The van der Waals surface area contributed by atoms with Crippen LogP contribution < -0.4 is 0 Å². The first-order valence-electron chi connectivity index (χ1n) is 17.3. The summed E-state index contributed by atoms with van der Waals surface area (Å²) in [4.78, 5) is -1.74. The van der Waals surface area contributed by atoms with Crippen LogP contribution in [0.5, 0.6) is 0 Å². The molecule has 0 aliphatic rings. The summed E-state index contributed by atoms with van der Waals surface area (Å²) in [6, 6.07) is 28.6. The van der Waals surface area contributed by atoms with Crippen LogP contribution in [0.2, 0.25) is 0 Å². The molecule has 0 aliphatic carbocycles. The summed E-state index contributed by atoms with van der Waals surface area (Å²) in [5.74, 6) is 0. The molecule has 0 atom stereocenters. The van der Waals surface area contributed by atoms with Gasteiger partial charge in [-0.1, -0.05) is 29.1 Å². The predicted molar refractivity (Wildman–Crippen MR) is 225 cm³/mol. The van der Waals surface area contributed by atoms with Gasteiger partial charge in [-0.25, -0.2) is 0 Å². The van der Waals surface area contributed by atoms with E-state index < -0.39 is 50.3 Å². The van der Waals surface area contributed by atoms with Crippen LogP contribution in [0, 0.1) is 5.21 Å². The molecule has 0 unspecified atom stereocenters. The molecule has 6 rings (SSSR count). The van der Waals surface area contributed by atoms with E-state index in [0.29, 0.717) is 22.7 Å². The summed E-state index contributed by atoms with van der Waals surface area (Å²) in [5.41, 5.74) is 1.17. The number of azo groups is 4.